The van der Waals surface area contributed by atoms with Gasteiger partial charge in [0, 0.05) is 30.6 Å². The predicted octanol–water partition coefficient (Wildman–Crippen LogP) is 1.85. The van der Waals surface area contributed by atoms with Crippen molar-refractivity contribution in [1.82, 2.24) is 9.78 Å². The van der Waals surface area contributed by atoms with Crippen LogP contribution >= 0.6 is 0 Å². The maximum Gasteiger partial charge on any atom is 0.134 e. The normalized spacial score (nSPS) is 11.8. The van der Waals surface area contributed by atoms with Gasteiger partial charge in [0.15, 0.2) is 0 Å². The topological polar surface area (TPSA) is 34.9 Å². The molecule has 3 nitrogen and oxygen atoms in total. The fourth-order valence-electron chi connectivity index (χ4n) is 1.57. The summed E-state index contributed by atoms with van der Waals surface area (Å²) in [6.45, 7) is 7.94. The average Bonchev–Trinajstić information content (AvgIpc) is 2.28. The van der Waals surface area contributed by atoms with Gasteiger partial charge in [0.1, 0.15) is 5.78 Å². The van der Waals surface area contributed by atoms with E-state index in [1.165, 1.54) is 0 Å². The van der Waals surface area contributed by atoms with Crippen LogP contribution < -0.4 is 0 Å². The van der Waals surface area contributed by atoms with E-state index in [-0.39, 0.29) is 11.2 Å². The molecule has 0 fully saturated rings. The van der Waals surface area contributed by atoms with Gasteiger partial charge in [0.25, 0.3) is 0 Å². The van der Waals surface area contributed by atoms with Crippen molar-refractivity contribution in [2.24, 2.45) is 7.05 Å². The molecule has 0 saturated heterocycles. The molecule has 0 radical (unpaired) electrons. The van der Waals surface area contributed by atoms with Gasteiger partial charge in [-0.25, -0.2) is 0 Å². The third-order valence-electron chi connectivity index (χ3n) is 2.05. The Morgan fingerprint density at radius 1 is 1.50 bits per heavy atom. The zero-order valence-corrected chi connectivity index (χ0v) is 9.59. The van der Waals surface area contributed by atoms with Crippen molar-refractivity contribution < 1.29 is 4.79 Å². The molecule has 1 aromatic heterocycles. The van der Waals surface area contributed by atoms with Gasteiger partial charge in [-0.2, -0.15) is 5.10 Å². The van der Waals surface area contributed by atoms with Crippen LogP contribution in [0.4, 0.5) is 0 Å². The number of ketones is 1. The van der Waals surface area contributed by atoms with Crippen molar-refractivity contribution in [3.63, 3.8) is 0 Å². The number of nitrogens with zero attached hydrogens (tertiary/aromatic N) is 2. The molecule has 1 heterocycles. The van der Waals surface area contributed by atoms with E-state index in [4.69, 9.17) is 0 Å². The third-order valence-corrected chi connectivity index (χ3v) is 2.05. The fourth-order valence-corrected chi connectivity index (χ4v) is 1.57. The largest absolute Gasteiger partial charge is 0.300 e. The monoisotopic (exact) mass is 194 g/mol. The molecule has 0 bridgehead atoms. The molecule has 3 heteroatoms. The summed E-state index contributed by atoms with van der Waals surface area (Å²) in [4.78, 5) is 11.1. The van der Waals surface area contributed by atoms with E-state index in [9.17, 15) is 4.79 Å². The van der Waals surface area contributed by atoms with Crippen LogP contribution in [0.3, 0.4) is 0 Å². The van der Waals surface area contributed by atoms with Crippen LogP contribution in [-0.2, 0) is 23.7 Å². The Hall–Kier alpha value is -1.12. The van der Waals surface area contributed by atoms with Gasteiger partial charge in [0.05, 0.1) is 5.69 Å². The molecule has 0 amide bonds. The van der Waals surface area contributed by atoms with E-state index in [1.807, 2.05) is 13.2 Å². The van der Waals surface area contributed by atoms with E-state index in [0.717, 1.165) is 11.3 Å². The molecule has 0 aliphatic heterocycles. The van der Waals surface area contributed by atoms with Gasteiger partial charge >= 0.3 is 0 Å². The molecule has 0 aromatic carbocycles. The number of rotatable bonds is 2. The van der Waals surface area contributed by atoms with E-state index < -0.39 is 0 Å². The van der Waals surface area contributed by atoms with Crippen LogP contribution in [-0.4, -0.2) is 15.6 Å². The number of carbonyl (C=O) groups excluding carboxylic acids is 1. The minimum atomic E-state index is 0.00600. The van der Waals surface area contributed by atoms with Crippen LogP contribution in [0.1, 0.15) is 39.0 Å². The maximum absolute atomic E-state index is 11.1. The highest BCUT2D eigenvalue weighted by molar-refractivity contribution is 5.78. The number of hydrogen-bond acceptors (Lipinski definition) is 2. The second kappa shape index (κ2) is 3.56. The highest BCUT2D eigenvalue weighted by Gasteiger charge is 2.22. The molecule has 0 saturated carbocycles. The van der Waals surface area contributed by atoms with Crippen molar-refractivity contribution >= 4 is 5.78 Å². The maximum atomic E-state index is 11.1. The third kappa shape index (κ3) is 2.44. The van der Waals surface area contributed by atoms with Gasteiger partial charge in [-0.05, 0) is 6.92 Å². The average molecular weight is 194 g/mol. The van der Waals surface area contributed by atoms with Gasteiger partial charge in [-0.3, -0.25) is 9.48 Å². The molecule has 0 atom stereocenters. The van der Waals surface area contributed by atoms with Gasteiger partial charge < -0.3 is 0 Å². The summed E-state index contributed by atoms with van der Waals surface area (Å²) in [5.41, 5.74) is 2.08. The molecule has 78 valence electrons. The first-order chi connectivity index (χ1) is 6.30. The molecule has 0 spiro atoms. The minimum absolute atomic E-state index is 0.00600. The summed E-state index contributed by atoms with van der Waals surface area (Å²) in [5.74, 6) is 0.184. The smallest absolute Gasteiger partial charge is 0.134 e. The van der Waals surface area contributed by atoms with Crippen LogP contribution in [0.5, 0.6) is 0 Å². The summed E-state index contributed by atoms with van der Waals surface area (Å²) < 4.78 is 1.78. The second-order valence-electron chi connectivity index (χ2n) is 4.81. The molecule has 0 aliphatic rings. The number of Topliss-reactive ketones (excluding diaryl/α,β-unsaturated/α-hetero) is 1. The Kier molecular flexibility index (Phi) is 2.79. The van der Waals surface area contributed by atoms with E-state index in [0.29, 0.717) is 6.42 Å². The molecule has 0 unspecified atom stereocenters. The van der Waals surface area contributed by atoms with Crippen molar-refractivity contribution in [2.75, 3.05) is 0 Å². The van der Waals surface area contributed by atoms with Crippen molar-refractivity contribution in [1.29, 1.82) is 0 Å². The summed E-state index contributed by atoms with van der Waals surface area (Å²) in [7, 11) is 1.89. The highest BCUT2D eigenvalue weighted by Crippen LogP contribution is 2.24. The van der Waals surface area contributed by atoms with Gasteiger partial charge in [-0.15, -0.1) is 0 Å². The zero-order chi connectivity index (χ0) is 10.9. The summed E-state index contributed by atoms with van der Waals surface area (Å²) >= 11 is 0. The van der Waals surface area contributed by atoms with Crippen LogP contribution in [0.2, 0.25) is 0 Å². The Labute approximate surface area is 85.1 Å². The van der Waals surface area contributed by atoms with Gasteiger partial charge in [0.2, 0.25) is 0 Å². The van der Waals surface area contributed by atoms with Crippen molar-refractivity contribution in [3.8, 4) is 0 Å². The van der Waals surface area contributed by atoms with E-state index in [2.05, 4.69) is 25.9 Å². The Morgan fingerprint density at radius 2 is 2.07 bits per heavy atom. The Balaban J connectivity index is 3.09. The molecular formula is C11H18N2O. The lowest BCUT2D eigenvalue weighted by Crippen LogP contribution is -2.15. The standard InChI is InChI=1S/C11H18N2O/c1-8(14)6-9-7-13(5)12-10(9)11(2,3)4/h7H,6H2,1-5H3. The second-order valence-corrected chi connectivity index (χ2v) is 4.81. The number of hydrogen-bond donors (Lipinski definition) is 0. The summed E-state index contributed by atoms with van der Waals surface area (Å²) in [6.07, 6.45) is 2.42. The molecular weight excluding hydrogens is 176 g/mol. The minimum Gasteiger partial charge on any atom is -0.300 e. The first-order valence-corrected chi connectivity index (χ1v) is 4.83. The lowest BCUT2D eigenvalue weighted by molar-refractivity contribution is -0.116. The van der Waals surface area contributed by atoms with Crippen molar-refractivity contribution in [2.45, 2.75) is 39.5 Å². The quantitative estimate of drug-likeness (QED) is 0.720. The lowest BCUT2D eigenvalue weighted by atomic mass is 9.88. The van der Waals surface area contributed by atoms with Crippen LogP contribution in [0.25, 0.3) is 0 Å². The first kappa shape index (κ1) is 11.0. The number of carbonyl (C=O) groups is 1. The first-order valence-electron chi connectivity index (χ1n) is 4.83. The van der Waals surface area contributed by atoms with Crippen LogP contribution in [0, 0.1) is 0 Å². The highest BCUT2D eigenvalue weighted by atomic mass is 16.1. The Bertz CT molecular complexity index is 345. The zero-order valence-electron chi connectivity index (χ0n) is 9.59. The lowest BCUT2D eigenvalue weighted by Gasteiger charge is -2.16. The summed E-state index contributed by atoms with van der Waals surface area (Å²) in [5, 5.41) is 4.40. The number of aryl methyl sites for hydroxylation is 1. The molecule has 14 heavy (non-hydrogen) atoms. The fraction of sp³-hybridized carbons (Fsp3) is 0.636. The van der Waals surface area contributed by atoms with Gasteiger partial charge in [-0.1, -0.05) is 20.8 Å². The Morgan fingerprint density at radius 3 is 2.50 bits per heavy atom. The SMILES string of the molecule is CC(=O)Cc1cn(C)nc1C(C)(C)C. The number of aromatic nitrogens is 2. The molecule has 0 N–H and O–H groups in total. The molecule has 1 aromatic rings. The van der Waals surface area contributed by atoms with E-state index in [1.54, 1.807) is 11.6 Å². The van der Waals surface area contributed by atoms with Crippen LogP contribution in [0.15, 0.2) is 6.20 Å². The van der Waals surface area contributed by atoms with Crippen molar-refractivity contribution in [3.05, 3.63) is 17.5 Å². The molecule has 0 aliphatic carbocycles. The predicted molar refractivity (Wildman–Crippen MR) is 56.3 cm³/mol. The summed E-state index contributed by atoms with van der Waals surface area (Å²) in [6, 6.07) is 0. The molecule has 1 rings (SSSR count). The van der Waals surface area contributed by atoms with E-state index >= 15 is 0 Å².